The molecule has 0 aliphatic heterocycles. The molecule has 0 spiro atoms. The first-order valence-electron chi connectivity index (χ1n) is 10.5. The van der Waals surface area contributed by atoms with Gasteiger partial charge in [0.1, 0.15) is 0 Å². The average molecular weight is 382 g/mol. The minimum atomic E-state index is 0.0684. The summed E-state index contributed by atoms with van der Waals surface area (Å²) in [7, 11) is 1.75. The molecule has 1 N–H and O–H groups in total. The van der Waals surface area contributed by atoms with E-state index in [1.165, 1.54) is 22.4 Å². The summed E-state index contributed by atoms with van der Waals surface area (Å²) in [6.45, 7) is 4.26. The van der Waals surface area contributed by atoms with E-state index in [0.717, 1.165) is 50.6 Å². The highest BCUT2D eigenvalue weighted by molar-refractivity contribution is 5.79. The Kier molecular flexibility index (Phi) is 5.54. The summed E-state index contributed by atoms with van der Waals surface area (Å²) in [5, 5.41) is 8.01. The number of rotatable bonds is 4. The monoisotopic (exact) mass is 381 g/mol. The number of carbonyl (C=O) groups excluding carboxylic acids is 1. The van der Waals surface area contributed by atoms with Crippen molar-refractivity contribution in [1.82, 2.24) is 15.1 Å². The predicted molar refractivity (Wildman–Crippen MR) is 110 cm³/mol. The second-order valence-electron chi connectivity index (χ2n) is 8.40. The lowest BCUT2D eigenvalue weighted by atomic mass is 9.85. The summed E-state index contributed by atoms with van der Waals surface area (Å²) in [6, 6.07) is 6.54. The summed E-state index contributed by atoms with van der Waals surface area (Å²) < 4.78 is 7.55. The molecule has 1 saturated carbocycles. The molecule has 28 heavy (non-hydrogen) atoms. The first-order valence-corrected chi connectivity index (χ1v) is 10.5. The van der Waals surface area contributed by atoms with Gasteiger partial charge in [0.2, 0.25) is 5.91 Å². The second-order valence-corrected chi connectivity index (χ2v) is 8.40. The van der Waals surface area contributed by atoms with Crippen LogP contribution in [0.3, 0.4) is 0 Å². The van der Waals surface area contributed by atoms with Gasteiger partial charge in [0.25, 0.3) is 0 Å². The van der Waals surface area contributed by atoms with Gasteiger partial charge in [-0.1, -0.05) is 12.5 Å². The van der Waals surface area contributed by atoms with E-state index in [9.17, 15) is 4.79 Å². The number of benzene rings is 1. The van der Waals surface area contributed by atoms with Crippen molar-refractivity contribution in [3.05, 3.63) is 46.8 Å². The number of hydrogen-bond donors (Lipinski definition) is 1. The van der Waals surface area contributed by atoms with E-state index >= 15 is 0 Å². The Morgan fingerprint density at radius 1 is 1.18 bits per heavy atom. The number of ether oxygens (including phenoxy) is 1. The number of aryl methyl sites for hydroxylation is 2. The van der Waals surface area contributed by atoms with Crippen LogP contribution in [0, 0.1) is 19.8 Å². The van der Waals surface area contributed by atoms with Crippen molar-refractivity contribution in [2.24, 2.45) is 5.92 Å². The second kappa shape index (κ2) is 8.08. The number of nitrogens with zero attached hydrogens (tertiary/aromatic N) is 2. The van der Waals surface area contributed by atoms with Gasteiger partial charge in [-0.25, -0.2) is 4.68 Å². The molecule has 1 heterocycles. The molecule has 1 amide bonds. The van der Waals surface area contributed by atoms with Gasteiger partial charge in [0.05, 0.1) is 24.0 Å². The zero-order chi connectivity index (χ0) is 19.7. The Morgan fingerprint density at radius 3 is 2.82 bits per heavy atom. The number of methoxy groups -OCH3 is 1. The number of fused-ring (bicyclic) bond motifs is 1. The molecule has 1 aromatic heterocycles. The van der Waals surface area contributed by atoms with Crippen molar-refractivity contribution in [2.75, 3.05) is 7.11 Å². The molecule has 3 unspecified atom stereocenters. The number of hydrogen-bond acceptors (Lipinski definition) is 3. The van der Waals surface area contributed by atoms with Crippen molar-refractivity contribution < 1.29 is 9.53 Å². The summed E-state index contributed by atoms with van der Waals surface area (Å²) >= 11 is 0. The van der Waals surface area contributed by atoms with Gasteiger partial charge in [0.15, 0.2) is 0 Å². The molecule has 2 aromatic rings. The van der Waals surface area contributed by atoms with E-state index in [1.807, 2.05) is 6.20 Å². The van der Waals surface area contributed by atoms with E-state index in [-0.39, 0.29) is 24.0 Å². The smallest absolute Gasteiger partial charge is 0.223 e. The van der Waals surface area contributed by atoms with Crippen molar-refractivity contribution in [3.63, 3.8) is 0 Å². The molecular formula is C23H31N3O2. The average Bonchev–Trinajstić information content (AvgIpc) is 3.15. The van der Waals surface area contributed by atoms with Gasteiger partial charge in [-0.05, 0) is 75.6 Å². The molecule has 4 rings (SSSR count). The zero-order valence-corrected chi connectivity index (χ0v) is 17.2. The van der Waals surface area contributed by atoms with Gasteiger partial charge in [-0.3, -0.25) is 4.79 Å². The number of carbonyl (C=O) groups is 1. The Hall–Kier alpha value is -2.14. The molecular weight excluding hydrogens is 350 g/mol. The van der Waals surface area contributed by atoms with E-state index in [2.05, 4.69) is 47.1 Å². The van der Waals surface area contributed by atoms with Crippen LogP contribution in [0.2, 0.25) is 0 Å². The largest absolute Gasteiger partial charge is 0.381 e. The molecule has 0 saturated heterocycles. The van der Waals surface area contributed by atoms with E-state index < -0.39 is 0 Å². The predicted octanol–water partition coefficient (Wildman–Crippen LogP) is 4.19. The third-order valence-electron chi connectivity index (χ3n) is 6.56. The topological polar surface area (TPSA) is 56.1 Å². The fourth-order valence-corrected chi connectivity index (χ4v) is 4.67. The van der Waals surface area contributed by atoms with Crippen LogP contribution in [-0.2, 0) is 16.0 Å². The lowest BCUT2D eigenvalue weighted by Gasteiger charge is -2.30. The standard InChI is InChI=1S/C23H31N3O2/c1-15-10-11-18(12-16(15)2)26-22-9-5-8-21(20(22)14-24-26)25-23(27)17-6-4-7-19(13-17)28-3/h10-12,14,17,19,21H,4-9,13H2,1-3H3,(H,25,27). The molecule has 150 valence electrons. The SMILES string of the molecule is COC1CCCC(C(=O)NC2CCCc3c2cnn3-c2ccc(C)c(C)c2)C1. The highest BCUT2D eigenvalue weighted by Gasteiger charge is 2.31. The van der Waals surface area contributed by atoms with E-state index in [1.54, 1.807) is 7.11 Å². The molecule has 2 aliphatic rings. The van der Waals surface area contributed by atoms with Gasteiger partial charge in [-0.15, -0.1) is 0 Å². The van der Waals surface area contributed by atoms with Gasteiger partial charge in [-0.2, -0.15) is 5.10 Å². The third kappa shape index (κ3) is 3.72. The van der Waals surface area contributed by atoms with Crippen molar-refractivity contribution in [3.8, 4) is 5.69 Å². The highest BCUT2D eigenvalue weighted by Crippen LogP contribution is 2.33. The number of aromatic nitrogens is 2. The van der Waals surface area contributed by atoms with Crippen LogP contribution >= 0.6 is 0 Å². The summed E-state index contributed by atoms with van der Waals surface area (Å²) in [5.41, 5.74) is 6.07. The van der Waals surface area contributed by atoms with E-state index in [0.29, 0.717) is 0 Å². The van der Waals surface area contributed by atoms with Crippen LogP contribution in [0.4, 0.5) is 0 Å². The molecule has 1 fully saturated rings. The van der Waals surface area contributed by atoms with Crippen molar-refractivity contribution in [1.29, 1.82) is 0 Å². The maximum absolute atomic E-state index is 12.9. The maximum atomic E-state index is 12.9. The van der Waals surface area contributed by atoms with E-state index in [4.69, 9.17) is 4.74 Å². The lowest BCUT2D eigenvalue weighted by molar-refractivity contribution is -0.128. The molecule has 0 radical (unpaired) electrons. The minimum absolute atomic E-state index is 0.0684. The van der Waals surface area contributed by atoms with Crippen molar-refractivity contribution >= 4 is 5.91 Å². The first-order chi connectivity index (χ1) is 13.6. The molecule has 3 atom stereocenters. The summed E-state index contributed by atoms with van der Waals surface area (Å²) in [4.78, 5) is 12.9. The van der Waals surface area contributed by atoms with Crippen LogP contribution in [0.1, 0.15) is 67.0 Å². The lowest BCUT2D eigenvalue weighted by Crippen LogP contribution is -2.38. The van der Waals surface area contributed by atoms with Gasteiger partial charge in [0, 0.05) is 24.3 Å². The molecule has 5 nitrogen and oxygen atoms in total. The molecule has 1 aromatic carbocycles. The summed E-state index contributed by atoms with van der Waals surface area (Å²) in [6.07, 6.45) is 9.17. The normalized spacial score (nSPS) is 24.6. The van der Waals surface area contributed by atoms with Gasteiger partial charge < -0.3 is 10.1 Å². The fourth-order valence-electron chi connectivity index (χ4n) is 4.67. The zero-order valence-electron chi connectivity index (χ0n) is 17.2. The third-order valence-corrected chi connectivity index (χ3v) is 6.56. The van der Waals surface area contributed by atoms with Gasteiger partial charge >= 0.3 is 0 Å². The minimum Gasteiger partial charge on any atom is -0.381 e. The highest BCUT2D eigenvalue weighted by atomic mass is 16.5. The Labute approximate surface area is 167 Å². The number of nitrogens with one attached hydrogen (secondary N) is 1. The van der Waals surface area contributed by atoms with Crippen molar-refractivity contribution in [2.45, 2.75) is 70.9 Å². The van der Waals surface area contributed by atoms with Crippen LogP contribution in [0.25, 0.3) is 5.69 Å². The first kappa shape index (κ1) is 19.2. The van der Waals surface area contributed by atoms with Crippen LogP contribution in [0.5, 0.6) is 0 Å². The van der Waals surface area contributed by atoms with Crippen LogP contribution in [-0.4, -0.2) is 28.9 Å². The summed E-state index contributed by atoms with van der Waals surface area (Å²) in [5.74, 6) is 0.248. The quantitative estimate of drug-likeness (QED) is 0.864. The van der Waals surface area contributed by atoms with Crippen LogP contribution in [0.15, 0.2) is 24.4 Å². The van der Waals surface area contributed by atoms with Crippen LogP contribution < -0.4 is 5.32 Å². The molecule has 2 aliphatic carbocycles. The number of amides is 1. The maximum Gasteiger partial charge on any atom is 0.223 e. The Morgan fingerprint density at radius 2 is 2.04 bits per heavy atom. The fraction of sp³-hybridized carbons (Fsp3) is 0.565. The Balaban J connectivity index is 1.52. The molecule has 0 bridgehead atoms. The molecule has 5 heteroatoms. The Bertz CT molecular complexity index is 858.